The van der Waals surface area contributed by atoms with Gasteiger partial charge < -0.3 is 10.1 Å². The Hall–Kier alpha value is -1.02. The van der Waals surface area contributed by atoms with E-state index in [1.54, 1.807) is 0 Å². The summed E-state index contributed by atoms with van der Waals surface area (Å²) in [6, 6.07) is 4.48. The molecule has 2 heteroatoms. The minimum absolute atomic E-state index is 0.836. The second kappa shape index (κ2) is 8.98. The average molecular weight is 263 g/mol. The van der Waals surface area contributed by atoms with Crippen LogP contribution in [0.3, 0.4) is 0 Å². The van der Waals surface area contributed by atoms with E-state index in [4.69, 9.17) is 4.74 Å². The number of rotatable bonds is 9. The van der Waals surface area contributed by atoms with Gasteiger partial charge in [0.2, 0.25) is 0 Å². The molecule has 108 valence electrons. The zero-order chi connectivity index (χ0) is 14.1. The number of unbranched alkanes of at least 4 members (excludes halogenated alkanes) is 2. The second-order valence-corrected chi connectivity index (χ2v) is 5.29. The molecule has 19 heavy (non-hydrogen) atoms. The van der Waals surface area contributed by atoms with Gasteiger partial charge in [0.25, 0.3) is 0 Å². The zero-order valence-electron chi connectivity index (χ0n) is 13.0. The first-order valence-corrected chi connectivity index (χ1v) is 7.62. The molecule has 0 saturated heterocycles. The molecule has 0 spiro atoms. The molecule has 0 heterocycles. The third-order valence-corrected chi connectivity index (χ3v) is 3.27. The van der Waals surface area contributed by atoms with Gasteiger partial charge in [0.05, 0.1) is 6.61 Å². The highest BCUT2D eigenvalue weighted by molar-refractivity contribution is 5.43. The van der Waals surface area contributed by atoms with Gasteiger partial charge in [0.1, 0.15) is 5.75 Å². The summed E-state index contributed by atoms with van der Waals surface area (Å²) in [4.78, 5) is 0. The molecule has 0 saturated carbocycles. The van der Waals surface area contributed by atoms with Crippen LogP contribution in [0.25, 0.3) is 0 Å². The Morgan fingerprint density at radius 2 is 1.68 bits per heavy atom. The van der Waals surface area contributed by atoms with Gasteiger partial charge in [-0.15, -0.1) is 0 Å². The zero-order valence-corrected chi connectivity index (χ0v) is 13.0. The Kier molecular flexibility index (Phi) is 7.57. The molecule has 0 aliphatic heterocycles. The maximum atomic E-state index is 5.93. The van der Waals surface area contributed by atoms with E-state index >= 15 is 0 Å². The van der Waals surface area contributed by atoms with Gasteiger partial charge in [0, 0.05) is 6.54 Å². The third-order valence-electron chi connectivity index (χ3n) is 3.27. The van der Waals surface area contributed by atoms with Crippen molar-refractivity contribution in [3.8, 4) is 5.75 Å². The van der Waals surface area contributed by atoms with Crippen molar-refractivity contribution in [2.24, 2.45) is 0 Å². The first-order valence-electron chi connectivity index (χ1n) is 7.62. The molecule has 0 radical (unpaired) electrons. The second-order valence-electron chi connectivity index (χ2n) is 5.29. The van der Waals surface area contributed by atoms with Gasteiger partial charge in [-0.05, 0) is 49.9 Å². The van der Waals surface area contributed by atoms with Crippen molar-refractivity contribution in [2.75, 3.05) is 13.2 Å². The smallest absolute Gasteiger partial charge is 0.125 e. The molecule has 0 fully saturated rings. The predicted molar refractivity (Wildman–Crippen MR) is 82.9 cm³/mol. The summed E-state index contributed by atoms with van der Waals surface area (Å²) in [7, 11) is 0. The van der Waals surface area contributed by atoms with E-state index < -0.39 is 0 Å². The lowest BCUT2D eigenvalue weighted by molar-refractivity contribution is 0.302. The highest BCUT2D eigenvalue weighted by Crippen LogP contribution is 2.25. The number of nitrogens with one attached hydrogen (secondary N) is 1. The van der Waals surface area contributed by atoms with Crippen molar-refractivity contribution < 1.29 is 4.74 Å². The van der Waals surface area contributed by atoms with E-state index in [-0.39, 0.29) is 0 Å². The molecule has 1 aromatic rings. The maximum absolute atomic E-state index is 5.93. The van der Waals surface area contributed by atoms with Crippen LogP contribution in [0, 0.1) is 13.8 Å². The van der Waals surface area contributed by atoms with Crippen molar-refractivity contribution in [2.45, 2.75) is 59.9 Å². The van der Waals surface area contributed by atoms with E-state index in [2.05, 4.69) is 45.1 Å². The van der Waals surface area contributed by atoms with Crippen LogP contribution >= 0.6 is 0 Å². The van der Waals surface area contributed by atoms with Gasteiger partial charge in [-0.2, -0.15) is 0 Å². The van der Waals surface area contributed by atoms with Crippen LogP contribution < -0.4 is 10.1 Å². The van der Waals surface area contributed by atoms with E-state index in [9.17, 15) is 0 Å². The summed E-state index contributed by atoms with van der Waals surface area (Å²) in [6.45, 7) is 11.6. The minimum atomic E-state index is 0.836. The van der Waals surface area contributed by atoms with E-state index in [1.165, 1.54) is 36.0 Å². The number of aryl methyl sites for hydroxylation is 2. The fourth-order valence-electron chi connectivity index (χ4n) is 2.31. The SMILES string of the molecule is CCCCCOc1c(C)cc(CNCCC)cc1C. The van der Waals surface area contributed by atoms with Crippen LogP contribution in [0.15, 0.2) is 12.1 Å². The Morgan fingerprint density at radius 1 is 1.00 bits per heavy atom. The molecule has 0 aliphatic carbocycles. The summed E-state index contributed by atoms with van der Waals surface area (Å²) in [6.07, 6.45) is 4.81. The molecule has 0 bridgehead atoms. The first-order chi connectivity index (χ1) is 9.19. The van der Waals surface area contributed by atoms with Crippen molar-refractivity contribution >= 4 is 0 Å². The highest BCUT2D eigenvalue weighted by Gasteiger charge is 2.06. The van der Waals surface area contributed by atoms with Crippen LogP contribution in [0.4, 0.5) is 0 Å². The fraction of sp³-hybridized carbons (Fsp3) is 0.647. The molecule has 0 aliphatic rings. The van der Waals surface area contributed by atoms with Crippen LogP contribution in [0.1, 0.15) is 56.2 Å². The lowest BCUT2D eigenvalue weighted by atomic mass is 10.1. The largest absolute Gasteiger partial charge is 0.493 e. The summed E-state index contributed by atoms with van der Waals surface area (Å²) < 4.78 is 5.93. The molecule has 0 amide bonds. The Morgan fingerprint density at radius 3 is 2.26 bits per heavy atom. The first kappa shape index (κ1) is 16.0. The molecule has 1 aromatic carbocycles. The highest BCUT2D eigenvalue weighted by atomic mass is 16.5. The lowest BCUT2D eigenvalue weighted by Crippen LogP contribution is -2.14. The number of ether oxygens (including phenoxy) is 1. The minimum Gasteiger partial charge on any atom is -0.493 e. The monoisotopic (exact) mass is 263 g/mol. The van der Waals surface area contributed by atoms with Crippen molar-refractivity contribution in [1.29, 1.82) is 0 Å². The maximum Gasteiger partial charge on any atom is 0.125 e. The summed E-state index contributed by atoms with van der Waals surface area (Å²) in [5, 5.41) is 3.44. The van der Waals surface area contributed by atoms with Gasteiger partial charge in [-0.25, -0.2) is 0 Å². The molecule has 1 rings (SSSR count). The van der Waals surface area contributed by atoms with Crippen molar-refractivity contribution in [3.05, 3.63) is 28.8 Å². The normalized spacial score (nSPS) is 10.7. The van der Waals surface area contributed by atoms with Gasteiger partial charge in [-0.3, -0.25) is 0 Å². The van der Waals surface area contributed by atoms with Crippen LogP contribution in [-0.2, 0) is 6.54 Å². The Balaban J connectivity index is 2.58. The van der Waals surface area contributed by atoms with E-state index in [0.29, 0.717) is 0 Å². The molecule has 1 N–H and O–H groups in total. The quantitative estimate of drug-likeness (QED) is 0.668. The number of hydrogen-bond donors (Lipinski definition) is 1. The average Bonchev–Trinajstić information content (AvgIpc) is 2.37. The Bertz CT molecular complexity index is 351. The molecule has 0 aromatic heterocycles. The molecular formula is C17H29NO. The van der Waals surface area contributed by atoms with Gasteiger partial charge in [-0.1, -0.05) is 38.8 Å². The number of benzene rings is 1. The summed E-state index contributed by atoms with van der Waals surface area (Å²) in [5.41, 5.74) is 3.86. The van der Waals surface area contributed by atoms with Crippen molar-refractivity contribution in [3.63, 3.8) is 0 Å². The number of hydrogen-bond acceptors (Lipinski definition) is 2. The Labute approximate surface area is 118 Å². The van der Waals surface area contributed by atoms with E-state index in [0.717, 1.165) is 31.9 Å². The van der Waals surface area contributed by atoms with Crippen molar-refractivity contribution in [1.82, 2.24) is 5.32 Å². The standard InChI is InChI=1S/C17H29NO/c1-5-7-8-10-19-17-14(3)11-16(12-15(17)4)13-18-9-6-2/h11-12,18H,5-10,13H2,1-4H3. The lowest BCUT2D eigenvalue weighted by Gasteiger charge is -2.14. The van der Waals surface area contributed by atoms with Gasteiger partial charge >= 0.3 is 0 Å². The van der Waals surface area contributed by atoms with Crippen LogP contribution in [0.5, 0.6) is 5.75 Å². The third kappa shape index (κ3) is 5.65. The summed E-state index contributed by atoms with van der Waals surface area (Å²) in [5.74, 6) is 1.08. The summed E-state index contributed by atoms with van der Waals surface area (Å²) >= 11 is 0. The predicted octanol–water partition coefficient (Wildman–Crippen LogP) is 4.37. The van der Waals surface area contributed by atoms with Gasteiger partial charge in [0.15, 0.2) is 0 Å². The molecule has 2 nitrogen and oxygen atoms in total. The molecular weight excluding hydrogens is 234 g/mol. The van der Waals surface area contributed by atoms with Crippen LogP contribution in [0.2, 0.25) is 0 Å². The molecule has 0 atom stereocenters. The van der Waals surface area contributed by atoms with E-state index in [1.807, 2.05) is 0 Å². The topological polar surface area (TPSA) is 21.3 Å². The molecule has 0 unspecified atom stereocenters. The fourth-order valence-corrected chi connectivity index (χ4v) is 2.31. The van der Waals surface area contributed by atoms with Crippen LogP contribution in [-0.4, -0.2) is 13.2 Å².